The molecule has 26 heavy (non-hydrogen) atoms. The molecule has 2 aromatic rings. The van der Waals surface area contributed by atoms with Gasteiger partial charge in [0.1, 0.15) is 11.4 Å². The first-order chi connectivity index (χ1) is 12.1. The van der Waals surface area contributed by atoms with Crippen LogP contribution >= 0.6 is 0 Å². The summed E-state index contributed by atoms with van der Waals surface area (Å²) in [7, 11) is 0. The fraction of sp³-hybridized carbons (Fsp3) is 0.389. The van der Waals surface area contributed by atoms with E-state index in [9.17, 15) is 14.7 Å². The predicted molar refractivity (Wildman–Crippen MR) is 93.1 cm³/mol. The number of rotatable bonds is 1. The quantitative estimate of drug-likeness (QED) is 0.811. The van der Waals surface area contributed by atoms with Crippen molar-refractivity contribution in [1.82, 2.24) is 14.7 Å². The lowest BCUT2D eigenvalue weighted by molar-refractivity contribution is 0.0514. The van der Waals surface area contributed by atoms with Crippen LogP contribution in [-0.2, 0) is 17.7 Å². The maximum absolute atomic E-state index is 12.1. The van der Waals surface area contributed by atoms with E-state index in [4.69, 9.17) is 9.84 Å². The first-order valence-electron chi connectivity index (χ1n) is 8.25. The number of fused-ring (bicyclic) bond motifs is 1. The van der Waals surface area contributed by atoms with Gasteiger partial charge in [-0.1, -0.05) is 6.07 Å². The van der Waals surface area contributed by atoms with Crippen LogP contribution in [0.15, 0.2) is 24.5 Å². The number of ether oxygens (including phenoxy) is 1. The van der Waals surface area contributed by atoms with Crippen molar-refractivity contribution in [3.63, 3.8) is 0 Å². The molecule has 0 spiro atoms. The summed E-state index contributed by atoms with van der Waals surface area (Å²) in [6.07, 6.45) is 2.00. The molecule has 1 aliphatic heterocycles. The van der Waals surface area contributed by atoms with Crippen LogP contribution in [0.2, 0.25) is 0 Å². The van der Waals surface area contributed by atoms with Gasteiger partial charge in [-0.15, -0.1) is 0 Å². The largest absolute Gasteiger partial charge is 0.508 e. The summed E-state index contributed by atoms with van der Waals surface area (Å²) < 4.78 is 6.39. The Morgan fingerprint density at radius 2 is 1.96 bits per heavy atom. The summed E-state index contributed by atoms with van der Waals surface area (Å²) >= 11 is 0. The van der Waals surface area contributed by atoms with Gasteiger partial charge in [-0.3, -0.25) is 0 Å². The Balaban J connectivity index is 1.87. The normalized spacial score (nSPS) is 14.0. The molecule has 3 rings (SSSR count). The third kappa shape index (κ3) is 3.63. The minimum atomic E-state index is -1.00. The highest BCUT2D eigenvalue weighted by atomic mass is 16.6. The van der Waals surface area contributed by atoms with E-state index in [1.165, 1.54) is 11.1 Å². The maximum atomic E-state index is 12.1. The third-order valence-electron chi connectivity index (χ3n) is 4.09. The van der Waals surface area contributed by atoms with Gasteiger partial charge < -0.3 is 19.8 Å². The van der Waals surface area contributed by atoms with Crippen LogP contribution in [0.1, 0.15) is 31.9 Å². The summed E-state index contributed by atoms with van der Waals surface area (Å²) in [4.78, 5) is 24.5. The highest BCUT2D eigenvalue weighted by Crippen LogP contribution is 2.33. The lowest BCUT2D eigenvalue weighted by Gasteiger charge is -2.27. The van der Waals surface area contributed by atoms with E-state index >= 15 is 0 Å². The summed E-state index contributed by atoms with van der Waals surface area (Å²) in [5, 5.41) is 23.5. The van der Waals surface area contributed by atoms with Crippen molar-refractivity contribution in [3.05, 3.63) is 35.7 Å². The van der Waals surface area contributed by atoms with Crippen LogP contribution in [-0.4, -0.2) is 49.2 Å². The number of aromatic nitrogens is 2. The van der Waals surface area contributed by atoms with Crippen molar-refractivity contribution in [3.8, 4) is 16.9 Å². The number of hydrogen-bond donors (Lipinski definition) is 2. The van der Waals surface area contributed by atoms with E-state index in [2.05, 4.69) is 5.10 Å². The van der Waals surface area contributed by atoms with Crippen LogP contribution in [0, 0.1) is 0 Å². The summed E-state index contributed by atoms with van der Waals surface area (Å²) in [5.74, 6) is 0.0356. The molecule has 2 N–H and O–H groups in total. The minimum Gasteiger partial charge on any atom is -0.508 e. The predicted octanol–water partition coefficient (Wildman–Crippen LogP) is 3.08. The summed E-state index contributed by atoms with van der Waals surface area (Å²) in [6.45, 7) is 5.86. The Morgan fingerprint density at radius 1 is 1.23 bits per heavy atom. The van der Waals surface area contributed by atoms with Crippen LogP contribution in [0.4, 0.5) is 9.59 Å². The monoisotopic (exact) mass is 359 g/mol. The van der Waals surface area contributed by atoms with E-state index in [1.807, 2.05) is 6.07 Å². The number of phenolic OH excluding ortho intramolecular Hbond substituents is 1. The van der Waals surface area contributed by atoms with Gasteiger partial charge in [0.25, 0.3) is 0 Å². The second-order valence-corrected chi connectivity index (χ2v) is 7.24. The summed E-state index contributed by atoms with van der Waals surface area (Å²) in [5.41, 5.74) is 2.25. The van der Waals surface area contributed by atoms with Crippen LogP contribution in [0.3, 0.4) is 0 Å². The van der Waals surface area contributed by atoms with Crippen molar-refractivity contribution in [2.75, 3.05) is 6.54 Å². The topological polar surface area (TPSA) is 105 Å². The van der Waals surface area contributed by atoms with Crippen molar-refractivity contribution >= 4 is 12.2 Å². The number of carboxylic acid groups (broad SMARTS) is 1. The molecule has 0 bridgehead atoms. The first kappa shape index (κ1) is 17.8. The van der Waals surface area contributed by atoms with Crippen molar-refractivity contribution in [2.24, 2.45) is 0 Å². The van der Waals surface area contributed by atoms with Crippen LogP contribution in [0.25, 0.3) is 11.1 Å². The van der Waals surface area contributed by atoms with E-state index in [-0.39, 0.29) is 12.3 Å². The van der Waals surface area contributed by atoms with Gasteiger partial charge in [0.05, 0.1) is 12.7 Å². The molecule has 0 aliphatic carbocycles. The number of amides is 1. The van der Waals surface area contributed by atoms with E-state index in [0.29, 0.717) is 29.7 Å². The Kier molecular flexibility index (Phi) is 4.35. The van der Waals surface area contributed by atoms with Crippen molar-refractivity contribution in [2.45, 2.75) is 39.3 Å². The second-order valence-electron chi connectivity index (χ2n) is 7.24. The molecule has 2 heterocycles. The van der Waals surface area contributed by atoms with Gasteiger partial charge >= 0.3 is 12.2 Å². The van der Waals surface area contributed by atoms with Gasteiger partial charge in [0, 0.05) is 23.9 Å². The van der Waals surface area contributed by atoms with Gasteiger partial charge in [-0.05, 0) is 44.4 Å². The molecule has 0 fully saturated rings. The summed E-state index contributed by atoms with van der Waals surface area (Å²) in [6, 6.07) is 3.45. The standard InChI is InChI=1S/C18H21N3O5/c1-18(2,3)26-17(25)21-9-13(8-19-21)12-6-11-4-5-20(16(23)24)10-14(11)15(22)7-12/h6-9,22H,4-5,10H2,1-3H3,(H,23,24). The Labute approximate surface area is 150 Å². The molecule has 1 aromatic heterocycles. The number of aromatic hydroxyl groups is 1. The first-order valence-corrected chi connectivity index (χ1v) is 8.25. The fourth-order valence-electron chi connectivity index (χ4n) is 2.86. The maximum Gasteiger partial charge on any atom is 0.435 e. The Morgan fingerprint density at radius 3 is 2.62 bits per heavy atom. The molecule has 1 aliphatic rings. The molecule has 0 atom stereocenters. The number of benzene rings is 1. The molecule has 1 aromatic carbocycles. The fourth-order valence-corrected chi connectivity index (χ4v) is 2.86. The lowest BCUT2D eigenvalue weighted by atomic mass is 9.94. The number of phenols is 1. The van der Waals surface area contributed by atoms with Gasteiger partial charge in [0.2, 0.25) is 0 Å². The SMILES string of the molecule is CC(C)(C)OC(=O)n1cc(-c2cc(O)c3c(c2)CCN(C(=O)O)C3)cn1. The van der Waals surface area contributed by atoms with E-state index in [1.54, 1.807) is 33.0 Å². The van der Waals surface area contributed by atoms with Gasteiger partial charge in [-0.25, -0.2) is 9.59 Å². The Bertz CT molecular complexity index is 866. The molecule has 138 valence electrons. The average molecular weight is 359 g/mol. The molecular formula is C18H21N3O5. The van der Waals surface area contributed by atoms with Crippen molar-refractivity contribution in [1.29, 1.82) is 0 Å². The molecule has 8 heteroatoms. The highest BCUT2D eigenvalue weighted by Gasteiger charge is 2.24. The van der Waals surface area contributed by atoms with Crippen LogP contribution < -0.4 is 0 Å². The van der Waals surface area contributed by atoms with Crippen LogP contribution in [0.5, 0.6) is 5.75 Å². The van der Waals surface area contributed by atoms with Crippen molar-refractivity contribution < 1.29 is 24.5 Å². The zero-order chi connectivity index (χ0) is 19.1. The minimum absolute atomic E-state index is 0.0356. The zero-order valence-electron chi connectivity index (χ0n) is 14.9. The molecular weight excluding hydrogens is 338 g/mol. The van der Waals surface area contributed by atoms with Gasteiger partial charge in [-0.2, -0.15) is 9.78 Å². The van der Waals surface area contributed by atoms with Gasteiger partial charge in [0.15, 0.2) is 0 Å². The molecule has 8 nitrogen and oxygen atoms in total. The number of hydrogen-bond acceptors (Lipinski definition) is 5. The zero-order valence-corrected chi connectivity index (χ0v) is 14.9. The highest BCUT2D eigenvalue weighted by molar-refractivity contribution is 5.74. The average Bonchev–Trinajstić information content (AvgIpc) is 3.03. The van der Waals surface area contributed by atoms with E-state index in [0.717, 1.165) is 10.2 Å². The molecule has 0 saturated heterocycles. The molecule has 0 unspecified atom stereocenters. The smallest absolute Gasteiger partial charge is 0.435 e. The van der Waals surface area contributed by atoms with E-state index < -0.39 is 17.8 Å². The molecule has 0 saturated carbocycles. The second kappa shape index (κ2) is 6.36. The lowest BCUT2D eigenvalue weighted by Crippen LogP contribution is -2.34. The Hall–Kier alpha value is -3.03. The molecule has 0 radical (unpaired) electrons. The number of carbonyl (C=O) groups is 2. The number of nitrogens with zero attached hydrogens (tertiary/aromatic N) is 3. The molecule has 1 amide bonds. The third-order valence-corrected chi connectivity index (χ3v) is 4.09. The number of carbonyl (C=O) groups excluding carboxylic acids is 1.